The largest absolute Gasteiger partial charge is 0.432 e. The van der Waals surface area contributed by atoms with Crippen molar-refractivity contribution in [2.45, 2.75) is 33.0 Å². The Balaban J connectivity index is 3.88. The third-order valence-corrected chi connectivity index (χ3v) is 3.67. The second-order valence-electron chi connectivity index (χ2n) is 4.52. The van der Waals surface area contributed by atoms with Gasteiger partial charge in [-0.25, -0.2) is 0 Å². The van der Waals surface area contributed by atoms with Crippen molar-refractivity contribution in [2.24, 2.45) is 5.92 Å². The highest BCUT2D eigenvalue weighted by atomic mass is 28.4. The van der Waals surface area contributed by atoms with Crippen molar-refractivity contribution in [2.75, 3.05) is 13.6 Å². The standard InChI is InChI=1S/C9H21NO2Si/c1-8(7-13(4,5)12)6-10(3)9(2)11/h8,12H,6-7H2,1-5H3. The molecule has 0 aliphatic rings. The fourth-order valence-electron chi connectivity index (χ4n) is 1.51. The van der Waals surface area contributed by atoms with E-state index in [1.807, 2.05) is 13.1 Å². The summed E-state index contributed by atoms with van der Waals surface area (Å²) >= 11 is 0. The van der Waals surface area contributed by atoms with Crippen molar-refractivity contribution in [3.05, 3.63) is 0 Å². The van der Waals surface area contributed by atoms with E-state index in [-0.39, 0.29) is 5.91 Å². The number of rotatable bonds is 4. The summed E-state index contributed by atoms with van der Waals surface area (Å²) in [5.41, 5.74) is 0. The van der Waals surface area contributed by atoms with Gasteiger partial charge in [0.1, 0.15) is 0 Å². The normalized spacial score (nSPS) is 14.0. The lowest BCUT2D eigenvalue weighted by molar-refractivity contribution is -0.128. The van der Waals surface area contributed by atoms with E-state index in [0.717, 1.165) is 12.6 Å². The lowest BCUT2D eigenvalue weighted by Crippen LogP contribution is -2.34. The van der Waals surface area contributed by atoms with E-state index in [2.05, 4.69) is 6.92 Å². The maximum atomic E-state index is 10.9. The van der Waals surface area contributed by atoms with E-state index in [4.69, 9.17) is 0 Å². The molecule has 0 spiro atoms. The van der Waals surface area contributed by atoms with Crippen LogP contribution in [-0.2, 0) is 4.79 Å². The molecule has 0 aliphatic carbocycles. The van der Waals surface area contributed by atoms with Gasteiger partial charge in [-0.1, -0.05) is 6.92 Å². The summed E-state index contributed by atoms with van der Waals surface area (Å²) in [6.45, 7) is 8.24. The lowest BCUT2D eigenvalue weighted by atomic mass is 10.2. The van der Waals surface area contributed by atoms with Gasteiger partial charge >= 0.3 is 0 Å². The molecule has 0 aromatic heterocycles. The Morgan fingerprint density at radius 1 is 1.54 bits per heavy atom. The van der Waals surface area contributed by atoms with E-state index in [1.54, 1.807) is 18.9 Å². The Bertz CT molecular complexity index is 177. The van der Waals surface area contributed by atoms with Crippen LogP contribution in [0.3, 0.4) is 0 Å². The molecule has 0 radical (unpaired) electrons. The van der Waals surface area contributed by atoms with Crippen molar-refractivity contribution < 1.29 is 9.59 Å². The highest BCUT2D eigenvalue weighted by molar-refractivity contribution is 6.69. The summed E-state index contributed by atoms with van der Waals surface area (Å²) in [5, 5.41) is 0. The van der Waals surface area contributed by atoms with Gasteiger partial charge in [0.05, 0.1) is 0 Å². The first kappa shape index (κ1) is 12.6. The molecule has 13 heavy (non-hydrogen) atoms. The molecule has 0 bridgehead atoms. The summed E-state index contributed by atoms with van der Waals surface area (Å²) in [4.78, 5) is 22.3. The minimum Gasteiger partial charge on any atom is -0.432 e. The van der Waals surface area contributed by atoms with E-state index in [0.29, 0.717) is 5.92 Å². The Morgan fingerprint density at radius 2 is 2.00 bits per heavy atom. The fourth-order valence-corrected chi connectivity index (χ4v) is 3.35. The predicted molar refractivity (Wildman–Crippen MR) is 57.0 cm³/mol. The van der Waals surface area contributed by atoms with Crippen LogP contribution in [0, 0.1) is 5.92 Å². The molecule has 0 aliphatic heterocycles. The lowest BCUT2D eigenvalue weighted by Gasteiger charge is -2.24. The number of carbonyl (C=O) groups is 1. The van der Waals surface area contributed by atoms with Crippen LogP contribution >= 0.6 is 0 Å². The number of hydrogen-bond acceptors (Lipinski definition) is 2. The van der Waals surface area contributed by atoms with Crippen molar-refractivity contribution >= 4 is 14.2 Å². The van der Waals surface area contributed by atoms with Crippen LogP contribution < -0.4 is 0 Å². The molecule has 1 unspecified atom stereocenters. The molecule has 0 aromatic carbocycles. The second-order valence-corrected chi connectivity index (χ2v) is 8.55. The Labute approximate surface area is 81.9 Å². The maximum Gasteiger partial charge on any atom is 0.219 e. The molecule has 0 saturated heterocycles. The van der Waals surface area contributed by atoms with Crippen LogP contribution in [0.4, 0.5) is 0 Å². The molecule has 0 saturated carbocycles. The van der Waals surface area contributed by atoms with Crippen molar-refractivity contribution in [1.82, 2.24) is 4.90 Å². The van der Waals surface area contributed by atoms with Crippen LogP contribution in [0.1, 0.15) is 13.8 Å². The van der Waals surface area contributed by atoms with Crippen molar-refractivity contribution in [3.8, 4) is 0 Å². The monoisotopic (exact) mass is 203 g/mol. The molecule has 0 fully saturated rings. The first-order valence-electron chi connectivity index (χ1n) is 4.66. The van der Waals surface area contributed by atoms with Crippen molar-refractivity contribution in [3.63, 3.8) is 0 Å². The molecule has 4 heteroatoms. The fraction of sp³-hybridized carbons (Fsp3) is 0.889. The molecule has 78 valence electrons. The molecule has 1 N–H and O–H groups in total. The van der Waals surface area contributed by atoms with Crippen LogP contribution in [0.15, 0.2) is 0 Å². The zero-order valence-electron chi connectivity index (χ0n) is 9.29. The highest BCUT2D eigenvalue weighted by Gasteiger charge is 2.21. The second kappa shape index (κ2) is 4.76. The van der Waals surface area contributed by atoms with E-state index < -0.39 is 8.32 Å². The molecule has 0 heterocycles. The van der Waals surface area contributed by atoms with Gasteiger partial charge in [-0.2, -0.15) is 0 Å². The predicted octanol–water partition coefficient (Wildman–Crippen LogP) is 1.30. The van der Waals surface area contributed by atoms with Gasteiger partial charge in [-0.3, -0.25) is 4.79 Å². The van der Waals surface area contributed by atoms with E-state index in [9.17, 15) is 9.59 Å². The third kappa shape index (κ3) is 6.78. The molecule has 1 amide bonds. The average molecular weight is 203 g/mol. The quantitative estimate of drug-likeness (QED) is 0.700. The first-order valence-corrected chi connectivity index (χ1v) is 7.82. The molecular formula is C9H21NO2Si. The third-order valence-electron chi connectivity index (χ3n) is 1.97. The molecule has 1 atom stereocenters. The molecular weight excluding hydrogens is 182 g/mol. The zero-order chi connectivity index (χ0) is 10.6. The number of amides is 1. The first-order chi connectivity index (χ1) is 5.72. The summed E-state index contributed by atoms with van der Waals surface area (Å²) in [5.74, 6) is 0.477. The minimum absolute atomic E-state index is 0.0873. The number of carbonyl (C=O) groups excluding carboxylic acids is 1. The van der Waals surface area contributed by atoms with Crippen LogP contribution in [0.5, 0.6) is 0 Å². The summed E-state index contributed by atoms with van der Waals surface area (Å²) in [6.07, 6.45) is 0. The van der Waals surface area contributed by atoms with Gasteiger partial charge < -0.3 is 9.70 Å². The van der Waals surface area contributed by atoms with Crippen molar-refractivity contribution in [1.29, 1.82) is 0 Å². The molecule has 0 rings (SSSR count). The van der Waals surface area contributed by atoms with Crippen LogP contribution in [0.25, 0.3) is 0 Å². The van der Waals surface area contributed by atoms with E-state index >= 15 is 0 Å². The van der Waals surface area contributed by atoms with Crippen LogP contribution in [-0.4, -0.2) is 37.5 Å². The minimum atomic E-state index is -1.96. The van der Waals surface area contributed by atoms with Gasteiger partial charge in [0.25, 0.3) is 0 Å². The smallest absolute Gasteiger partial charge is 0.219 e. The zero-order valence-corrected chi connectivity index (χ0v) is 10.3. The summed E-state index contributed by atoms with van der Waals surface area (Å²) < 4.78 is 0. The molecule has 3 nitrogen and oxygen atoms in total. The topological polar surface area (TPSA) is 40.5 Å². The van der Waals surface area contributed by atoms with Gasteiger partial charge in [-0.15, -0.1) is 0 Å². The number of hydrogen-bond donors (Lipinski definition) is 1. The van der Waals surface area contributed by atoms with Gasteiger partial charge in [0, 0.05) is 20.5 Å². The Morgan fingerprint density at radius 3 is 2.31 bits per heavy atom. The maximum absolute atomic E-state index is 10.9. The average Bonchev–Trinajstić information content (AvgIpc) is 1.81. The summed E-state index contributed by atoms with van der Waals surface area (Å²) in [6, 6.07) is 0.852. The Kier molecular flexibility index (Phi) is 4.63. The number of nitrogens with zero attached hydrogens (tertiary/aromatic N) is 1. The SMILES string of the molecule is CC(=O)N(C)CC(C)C[Si](C)(C)O. The van der Waals surface area contributed by atoms with Gasteiger partial charge in [0.15, 0.2) is 8.32 Å². The van der Waals surface area contributed by atoms with Crippen LogP contribution in [0.2, 0.25) is 19.1 Å². The van der Waals surface area contributed by atoms with E-state index in [1.165, 1.54) is 0 Å². The highest BCUT2D eigenvalue weighted by Crippen LogP contribution is 2.14. The van der Waals surface area contributed by atoms with Gasteiger partial charge in [-0.05, 0) is 25.1 Å². The molecule has 0 aromatic rings. The Hall–Kier alpha value is -0.353. The summed E-state index contributed by atoms with van der Waals surface area (Å²) in [7, 11) is -0.163. The van der Waals surface area contributed by atoms with Gasteiger partial charge in [0.2, 0.25) is 5.91 Å².